The molecular formula is C22H35F2IN4O3. The number of nitrogens with zero attached hydrogens (tertiary/aromatic N) is 2. The summed E-state index contributed by atoms with van der Waals surface area (Å²) in [6.07, 6.45) is 3.81. The smallest absolute Gasteiger partial charge is 0.387 e. The van der Waals surface area contributed by atoms with E-state index < -0.39 is 12.0 Å². The lowest BCUT2D eigenvalue weighted by Gasteiger charge is -2.31. The highest BCUT2D eigenvalue weighted by atomic mass is 127. The van der Waals surface area contributed by atoms with Gasteiger partial charge in [0.15, 0.2) is 17.5 Å². The summed E-state index contributed by atoms with van der Waals surface area (Å²) in [4.78, 5) is 19.0. The van der Waals surface area contributed by atoms with Gasteiger partial charge < -0.3 is 25.0 Å². The van der Waals surface area contributed by atoms with Crippen molar-refractivity contribution in [3.05, 3.63) is 23.8 Å². The molecule has 1 aromatic rings. The largest absolute Gasteiger partial charge is 0.490 e. The van der Waals surface area contributed by atoms with Gasteiger partial charge in [-0.05, 0) is 44.4 Å². The van der Waals surface area contributed by atoms with Gasteiger partial charge in [-0.2, -0.15) is 8.78 Å². The molecule has 1 amide bonds. The molecule has 1 aliphatic carbocycles. The van der Waals surface area contributed by atoms with Crippen molar-refractivity contribution in [2.45, 2.75) is 52.7 Å². The summed E-state index contributed by atoms with van der Waals surface area (Å²) < 4.78 is 35.1. The molecule has 0 bridgehead atoms. The minimum Gasteiger partial charge on any atom is -0.490 e. The van der Waals surface area contributed by atoms with E-state index in [0.29, 0.717) is 32.2 Å². The van der Waals surface area contributed by atoms with Crippen molar-refractivity contribution in [1.29, 1.82) is 0 Å². The molecule has 2 rings (SSSR count). The molecule has 0 saturated heterocycles. The van der Waals surface area contributed by atoms with Gasteiger partial charge in [0.2, 0.25) is 5.91 Å². The van der Waals surface area contributed by atoms with E-state index >= 15 is 0 Å². The Bertz CT molecular complexity index is 757. The monoisotopic (exact) mass is 568 g/mol. The van der Waals surface area contributed by atoms with E-state index in [1.165, 1.54) is 6.07 Å². The average molecular weight is 568 g/mol. The Morgan fingerprint density at radius 2 is 1.88 bits per heavy atom. The van der Waals surface area contributed by atoms with E-state index in [4.69, 9.17) is 4.74 Å². The highest BCUT2D eigenvalue weighted by molar-refractivity contribution is 14.0. The van der Waals surface area contributed by atoms with E-state index in [2.05, 4.69) is 20.4 Å². The fraction of sp³-hybridized carbons (Fsp3) is 0.636. The third-order valence-electron chi connectivity index (χ3n) is 5.30. The third-order valence-corrected chi connectivity index (χ3v) is 5.30. The molecule has 1 aliphatic rings. The van der Waals surface area contributed by atoms with Crippen LogP contribution in [0.4, 0.5) is 8.78 Å². The van der Waals surface area contributed by atoms with Gasteiger partial charge in [0, 0.05) is 27.2 Å². The number of rotatable bonds is 10. The lowest BCUT2D eigenvalue weighted by atomic mass is 9.84. The van der Waals surface area contributed by atoms with E-state index in [1.807, 2.05) is 6.92 Å². The first-order chi connectivity index (χ1) is 14.8. The van der Waals surface area contributed by atoms with E-state index in [-0.39, 0.29) is 41.4 Å². The third kappa shape index (κ3) is 7.93. The Kier molecular flexibility index (Phi) is 12.0. The molecule has 32 heavy (non-hydrogen) atoms. The van der Waals surface area contributed by atoms with Gasteiger partial charge in [-0.25, -0.2) is 4.99 Å². The number of guanidine groups is 1. The number of nitrogens with one attached hydrogen (secondary N) is 2. The summed E-state index contributed by atoms with van der Waals surface area (Å²) in [5.74, 6) is 1.01. The average Bonchev–Trinajstić information content (AvgIpc) is 3.21. The van der Waals surface area contributed by atoms with Crippen LogP contribution in [0.5, 0.6) is 11.5 Å². The van der Waals surface area contributed by atoms with Crippen LogP contribution in [-0.2, 0) is 11.3 Å². The van der Waals surface area contributed by atoms with Gasteiger partial charge in [-0.1, -0.05) is 18.9 Å². The molecule has 0 aliphatic heterocycles. The molecule has 10 heteroatoms. The first kappa shape index (κ1) is 28.2. The molecule has 0 heterocycles. The van der Waals surface area contributed by atoms with Crippen LogP contribution in [0.15, 0.2) is 23.2 Å². The molecule has 0 aromatic heterocycles. The Labute approximate surface area is 206 Å². The highest BCUT2D eigenvalue weighted by Gasteiger charge is 2.42. The van der Waals surface area contributed by atoms with Gasteiger partial charge in [0.25, 0.3) is 0 Å². The Morgan fingerprint density at radius 1 is 1.19 bits per heavy atom. The minimum atomic E-state index is -2.92. The second-order valence-electron chi connectivity index (χ2n) is 7.83. The molecule has 1 aromatic carbocycles. The number of benzene rings is 1. The second-order valence-corrected chi connectivity index (χ2v) is 7.83. The molecule has 182 valence electrons. The zero-order valence-corrected chi connectivity index (χ0v) is 21.6. The van der Waals surface area contributed by atoms with Gasteiger partial charge >= 0.3 is 6.61 Å². The van der Waals surface area contributed by atoms with Crippen LogP contribution < -0.4 is 20.1 Å². The van der Waals surface area contributed by atoms with Gasteiger partial charge in [0.1, 0.15) is 0 Å². The van der Waals surface area contributed by atoms with Crippen LogP contribution >= 0.6 is 24.0 Å². The zero-order chi connectivity index (χ0) is 22.9. The van der Waals surface area contributed by atoms with Crippen molar-refractivity contribution in [2.24, 2.45) is 10.4 Å². The Balaban J connectivity index is 0.00000512. The van der Waals surface area contributed by atoms with Crippen LogP contribution in [0, 0.1) is 5.41 Å². The molecule has 2 N–H and O–H groups in total. The lowest BCUT2D eigenvalue weighted by Crippen LogP contribution is -2.49. The topological polar surface area (TPSA) is 75.2 Å². The lowest BCUT2D eigenvalue weighted by molar-refractivity contribution is -0.138. The molecule has 0 spiro atoms. The first-order valence-corrected chi connectivity index (χ1v) is 10.8. The van der Waals surface area contributed by atoms with Gasteiger partial charge in [-0.15, -0.1) is 24.0 Å². The standard InChI is InChI=1S/C22H34F2N4O3.HI/c1-5-25-21(27-15-22(11-7-8-12-22)19(29)28(3)4)26-14-16-9-10-17(31-20(23)24)18(13-16)30-6-2;/h9-10,13,20H,5-8,11-12,14-15H2,1-4H3,(H2,25,26,27);1H. The molecular weight excluding hydrogens is 533 g/mol. The maximum absolute atomic E-state index is 12.8. The van der Waals surface area contributed by atoms with E-state index in [9.17, 15) is 13.6 Å². The maximum atomic E-state index is 12.8. The fourth-order valence-electron chi connectivity index (χ4n) is 3.87. The number of halogens is 3. The number of amides is 1. The molecule has 1 fully saturated rings. The SMILES string of the molecule is CCNC(=NCc1ccc(OC(F)F)c(OCC)c1)NCC1(C(=O)N(C)C)CCCC1.I. The van der Waals surface area contributed by atoms with Crippen molar-refractivity contribution in [3.63, 3.8) is 0 Å². The first-order valence-electron chi connectivity index (χ1n) is 10.8. The van der Waals surface area contributed by atoms with Crippen molar-refractivity contribution >= 4 is 35.8 Å². The normalized spacial score (nSPS) is 15.2. The number of hydrogen-bond donors (Lipinski definition) is 2. The number of ether oxygens (including phenoxy) is 2. The van der Waals surface area contributed by atoms with Crippen LogP contribution in [0.3, 0.4) is 0 Å². The summed E-state index contributed by atoms with van der Waals surface area (Å²) in [6.45, 7) is 2.67. The van der Waals surface area contributed by atoms with Crippen molar-refractivity contribution in [3.8, 4) is 11.5 Å². The summed E-state index contributed by atoms with van der Waals surface area (Å²) in [5, 5.41) is 6.52. The van der Waals surface area contributed by atoms with Gasteiger partial charge in [-0.3, -0.25) is 4.79 Å². The quantitative estimate of drug-likeness (QED) is 0.254. The fourth-order valence-corrected chi connectivity index (χ4v) is 3.87. The van der Waals surface area contributed by atoms with E-state index in [1.54, 1.807) is 38.1 Å². The van der Waals surface area contributed by atoms with Gasteiger partial charge in [0.05, 0.1) is 18.6 Å². The molecule has 7 nitrogen and oxygen atoms in total. The number of carbonyl (C=O) groups is 1. The molecule has 0 atom stereocenters. The molecule has 1 saturated carbocycles. The van der Waals surface area contributed by atoms with Crippen molar-refractivity contribution in [1.82, 2.24) is 15.5 Å². The minimum absolute atomic E-state index is 0. The van der Waals surface area contributed by atoms with Crippen LogP contribution in [0.25, 0.3) is 0 Å². The Morgan fingerprint density at radius 3 is 2.44 bits per heavy atom. The predicted molar refractivity (Wildman–Crippen MR) is 132 cm³/mol. The zero-order valence-electron chi connectivity index (χ0n) is 19.2. The van der Waals surface area contributed by atoms with Crippen LogP contribution in [-0.4, -0.2) is 57.2 Å². The van der Waals surface area contributed by atoms with Crippen molar-refractivity contribution in [2.75, 3.05) is 33.8 Å². The van der Waals surface area contributed by atoms with Crippen molar-refractivity contribution < 1.29 is 23.0 Å². The van der Waals surface area contributed by atoms with Crippen LogP contribution in [0.1, 0.15) is 45.1 Å². The molecule has 0 unspecified atom stereocenters. The number of carbonyl (C=O) groups excluding carboxylic acids is 1. The number of alkyl halides is 2. The van der Waals surface area contributed by atoms with Crippen LogP contribution in [0.2, 0.25) is 0 Å². The second kappa shape index (κ2) is 13.6. The summed E-state index contributed by atoms with van der Waals surface area (Å²) in [6, 6.07) is 4.80. The highest BCUT2D eigenvalue weighted by Crippen LogP contribution is 2.39. The van der Waals surface area contributed by atoms with E-state index in [0.717, 1.165) is 31.2 Å². The number of aliphatic imine (C=N–C) groups is 1. The predicted octanol–water partition coefficient (Wildman–Crippen LogP) is 4.01. The summed E-state index contributed by atoms with van der Waals surface area (Å²) >= 11 is 0. The molecule has 0 radical (unpaired) electrons. The summed E-state index contributed by atoms with van der Waals surface area (Å²) in [5.41, 5.74) is 0.387. The summed E-state index contributed by atoms with van der Waals surface area (Å²) in [7, 11) is 3.58. The number of hydrogen-bond acceptors (Lipinski definition) is 4. The Hall–Kier alpha value is -1.85. The maximum Gasteiger partial charge on any atom is 0.387 e.